The number of methoxy groups -OCH3 is 1. The lowest BCUT2D eigenvalue weighted by atomic mass is 10.1. The van der Waals surface area contributed by atoms with E-state index >= 15 is 0 Å². The van der Waals surface area contributed by atoms with Crippen molar-refractivity contribution < 1.29 is 19.0 Å². The highest BCUT2D eigenvalue weighted by Crippen LogP contribution is 2.36. The Balaban J connectivity index is 1.33. The van der Waals surface area contributed by atoms with Gasteiger partial charge in [0, 0.05) is 56.2 Å². The molecular formula is C26H30N4O4S. The van der Waals surface area contributed by atoms with Crippen LogP contribution in [0.4, 0.5) is 17.1 Å². The molecule has 0 unspecified atom stereocenters. The molecule has 2 aromatic rings. The molecule has 0 saturated carbocycles. The van der Waals surface area contributed by atoms with Crippen LogP contribution in [0.15, 0.2) is 52.4 Å². The van der Waals surface area contributed by atoms with Crippen molar-refractivity contribution in [3.8, 4) is 5.75 Å². The second kappa shape index (κ2) is 10.7. The summed E-state index contributed by atoms with van der Waals surface area (Å²) in [5.41, 5.74) is 3.94. The van der Waals surface area contributed by atoms with Gasteiger partial charge in [-0.2, -0.15) is 0 Å². The molecule has 3 aliphatic heterocycles. The lowest BCUT2D eigenvalue weighted by molar-refractivity contribution is -0.121. The van der Waals surface area contributed by atoms with Crippen LogP contribution in [0.5, 0.6) is 5.75 Å². The van der Waals surface area contributed by atoms with E-state index in [0.29, 0.717) is 10.1 Å². The minimum Gasteiger partial charge on any atom is -0.496 e. The normalized spacial score (nSPS) is 21.3. The van der Waals surface area contributed by atoms with E-state index in [1.807, 2.05) is 30.3 Å². The van der Waals surface area contributed by atoms with Crippen molar-refractivity contribution in [3.63, 3.8) is 0 Å². The van der Waals surface area contributed by atoms with Gasteiger partial charge in [-0.1, -0.05) is 0 Å². The number of amides is 1. The number of hydrogen-bond acceptors (Lipinski definition) is 8. The third-order valence-corrected chi connectivity index (χ3v) is 7.39. The van der Waals surface area contributed by atoms with Crippen LogP contribution in [0.25, 0.3) is 6.08 Å². The van der Waals surface area contributed by atoms with Crippen LogP contribution in [-0.2, 0) is 14.3 Å². The molecule has 184 valence electrons. The molecule has 0 spiro atoms. The Kier molecular flexibility index (Phi) is 7.26. The van der Waals surface area contributed by atoms with E-state index in [9.17, 15) is 4.79 Å². The van der Waals surface area contributed by atoms with Crippen LogP contribution in [0.2, 0.25) is 0 Å². The van der Waals surface area contributed by atoms with Gasteiger partial charge in [-0.05, 0) is 54.2 Å². The Labute approximate surface area is 210 Å². The fourth-order valence-corrected chi connectivity index (χ4v) is 5.28. The minimum atomic E-state index is -0.0713. The van der Waals surface area contributed by atoms with E-state index in [0.717, 1.165) is 81.0 Å². The van der Waals surface area contributed by atoms with Gasteiger partial charge in [0.15, 0.2) is 5.17 Å². The minimum absolute atomic E-state index is 0.0713. The number of carbonyl (C=O) groups is 1. The molecule has 0 N–H and O–H groups in total. The topological polar surface area (TPSA) is 66.8 Å². The molecule has 3 fully saturated rings. The molecular weight excluding hydrogens is 464 g/mol. The summed E-state index contributed by atoms with van der Waals surface area (Å²) >= 11 is 1.38. The van der Waals surface area contributed by atoms with E-state index in [-0.39, 0.29) is 5.91 Å². The summed E-state index contributed by atoms with van der Waals surface area (Å²) in [7, 11) is 3.42. The number of amidine groups is 1. The second-order valence-electron chi connectivity index (χ2n) is 8.51. The number of nitrogens with zero attached hydrogens (tertiary/aromatic N) is 4. The molecule has 3 saturated heterocycles. The standard InChI is InChI=1S/C26H30N4O4S/c1-28-25(31)24(17-19-3-6-22(18-23(19)32-2)30-11-15-34-16-12-30)35-26(28)27-20-4-7-21(8-5-20)29-9-13-33-14-10-29/h3-8,17-18H,9-16H2,1-2H3/b24-17-,27-26?. The summed E-state index contributed by atoms with van der Waals surface area (Å²) in [6.45, 7) is 6.46. The number of benzene rings is 2. The Morgan fingerprint density at radius 3 is 2.14 bits per heavy atom. The van der Waals surface area contributed by atoms with E-state index < -0.39 is 0 Å². The van der Waals surface area contributed by atoms with Gasteiger partial charge in [-0.3, -0.25) is 9.69 Å². The van der Waals surface area contributed by atoms with Crippen molar-refractivity contribution >= 4 is 46.0 Å². The quantitative estimate of drug-likeness (QED) is 0.589. The molecule has 0 aliphatic carbocycles. The van der Waals surface area contributed by atoms with Crippen LogP contribution >= 0.6 is 11.8 Å². The van der Waals surface area contributed by atoms with Gasteiger partial charge in [-0.25, -0.2) is 4.99 Å². The number of morpholine rings is 2. The summed E-state index contributed by atoms with van der Waals surface area (Å²) in [4.78, 5) is 24.5. The summed E-state index contributed by atoms with van der Waals surface area (Å²) in [6.07, 6.45) is 1.88. The van der Waals surface area contributed by atoms with Gasteiger partial charge in [0.25, 0.3) is 5.91 Å². The monoisotopic (exact) mass is 494 g/mol. The molecule has 0 bridgehead atoms. The van der Waals surface area contributed by atoms with Gasteiger partial charge >= 0.3 is 0 Å². The highest BCUT2D eigenvalue weighted by atomic mass is 32.2. The average Bonchev–Trinajstić information content (AvgIpc) is 3.18. The van der Waals surface area contributed by atoms with Gasteiger partial charge in [0.05, 0.1) is 44.1 Å². The third-order valence-electron chi connectivity index (χ3n) is 6.33. The first-order valence-corrected chi connectivity index (χ1v) is 12.6. The molecule has 0 radical (unpaired) electrons. The number of ether oxygens (including phenoxy) is 3. The van der Waals surface area contributed by atoms with Crippen LogP contribution in [-0.4, -0.2) is 82.7 Å². The van der Waals surface area contributed by atoms with Crippen molar-refractivity contribution in [2.45, 2.75) is 0 Å². The molecule has 5 rings (SSSR count). The molecule has 0 atom stereocenters. The van der Waals surface area contributed by atoms with Crippen molar-refractivity contribution in [1.29, 1.82) is 0 Å². The summed E-state index contributed by atoms with van der Waals surface area (Å²) in [5.74, 6) is 0.666. The maximum Gasteiger partial charge on any atom is 0.266 e. The molecule has 8 nitrogen and oxygen atoms in total. The molecule has 35 heavy (non-hydrogen) atoms. The van der Waals surface area contributed by atoms with Crippen LogP contribution in [0.1, 0.15) is 5.56 Å². The number of aliphatic imine (C=N–C) groups is 1. The smallest absolute Gasteiger partial charge is 0.266 e. The highest BCUT2D eigenvalue weighted by Gasteiger charge is 2.30. The maximum absolute atomic E-state index is 13.0. The van der Waals surface area contributed by atoms with Crippen LogP contribution < -0.4 is 14.5 Å². The maximum atomic E-state index is 13.0. The Bertz CT molecular complexity index is 1120. The predicted molar refractivity (Wildman–Crippen MR) is 141 cm³/mol. The second-order valence-corrected chi connectivity index (χ2v) is 9.52. The number of rotatable bonds is 5. The van der Waals surface area contributed by atoms with E-state index in [1.165, 1.54) is 11.8 Å². The first-order chi connectivity index (χ1) is 17.1. The Morgan fingerprint density at radius 2 is 1.51 bits per heavy atom. The summed E-state index contributed by atoms with van der Waals surface area (Å²) in [5, 5.41) is 0.657. The van der Waals surface area contributed by atoms with Crippen LogP contribution in [0, 0.1) is 0 Å². The van der Waals surface area contributed by atoms with Crippen LogP contribution in [0.3, 0.4) is 0 Å². The number of carbonyl (C=O) groups excluding carboxylic acids is 1. The molecule has 3 heterocycles. The first-order valence-electron chi connectivity index (χ1n) is 11.8. The molecule has 9 heteroatoms. The number of thioether (sulfide) groups is 1. The SMILES string of the molecule is COc1cc(N2CCOCC2)ccc1/C=C1\SC(=Nc2ccc(N3CCOCC3)cc2)N(C)C1=O. The predicted octanol–water partition coefficient (Wildman–Crippen LogP) is 3.60. The van der Waals surface area contributed by atoms with Gasteiger partial charge in [0.1, 0.15) is 5.75 Å². The first kappa shape index (κ1) is 23.7. The number of anilines is 2. The number of likely N-dealkylation sites (N-methyl/N-ethyl adjacent to an activating group) is 1. The average molecular weight is 495 g/mol. The molecule has 3 aliphatic rings. The zero-order chi connectivity index (χ0) is 24.2. The molecule has 0 aromatic heterocycles. The number of hydrogen-bond donors (Lipinski definition) is 0. The largest absolute Gasteiger partial charge is 0.496 e. The van der Waals surface area contributed by atoms with Gasteiger partial charge < -0.3 is 24.0 Å². The van der Waals surface area contributed by atoms with Crippen molar-refractivity contribution in [3.05, 3.63) is 52.9 Å². The fraction of sp³-hybridized carbons (Fsp3) is 0.385. The van der Waals surface area contributed by atoms with E-state index in [4.69, 9.17) is 19.2 Å². The summed E-state index contributed by atoms with van der Waals surface area (Å²) in [6, 6.07) is 14.2. The lowest BCUT2D eigenvalue weighted by Crippen LogP contribution is -2.36. The zero-order valence-corrected chi connectivity index (χ0v) is 20.9. The summed E-state index contributed by atoms with van der Waals surface area (Å²) < 4.78 is 16.5. The van der Waals surface area contributed by atoms with Crippen molar-refractivity contribution in [1.82, 2.24) is 4.90 Å². The highest BCUT2D eigenvalue weighted by molar-refractivity contribution is 8.18. The Morgan fingerprint density at radius 1 is 0.914 bits per heavy atom. The molecule has 2 aromatic carbocycles. The van der Waals surface area contributed by atoms with E-state index in [1.54, 1.807) is 19.1 Å². The molecule has 1 amide bonds. The van der Waals surface area contributed by atoms with Gasteiger partial charge in [-0.15, -0.1) is 0 Å². The van der Waals surface area contributed by atoms with E-state index in [2.05, 4.69) is 28.0 Å². The lowest BCUT2D eigenvalue weighted by Gasteiger charge is -2.29. The Hall–Kier alpha value is -3.01. The van der Waals surface area contributed by atoms with Crippen molar-refractivity contribution in [2.24, 2.45) is 4.99 Å². The third kappa shape index (κ3) is 5.32. The fourth-order valence-electron chi connectivity index (χ4n) is 4.30. The van der Waals surface area contributed by atoms with Gasteiger partial charge in [0.2, 0.25) is 0 Å². The van der Waals surface area contributed by atoms with Crippen molar-refractivity contribution in [2.75, 3.05) is 76.6 Å². The zero-order valence-electron chi connectivity index (χ0n) is 20.1.